The van der Waals surface area contributed by atoms with E-state index in [0.29, 0.717) is 6.10 Å². The van der Waals surface area contributed by atoms with Gasteiger partial charge in [0, 0.05) is 24.5 Å². The van der Waals surface area contributed by atoms with Gasteiger partial charge in [-0.3, -0.25) is 4.90 Å². The molecule has 0 radical (unpaired) electrons. The molecule has 1 aliphatic heterocycles. The highest BCUT2D eigenvalue weighted by Gasteiger charge is 2.20. The summed E-state index contributed by atoms with van der Waals surface area (Å²) in [7, 11) is 0. The van der Waals surface area contributed by atoms with Crippen LogP contribution < -0.4 is 4.74 Å². The minimum atomic E-state index is 0. The second-order valence-electron chi connectivity index (χ2n) is 5.75. The fourth-order valence-corrected chi connectivity index (χ4v) is 3.28. The van der Waals surface area contributed by atoms with Gasteiger partial charge in [-0.15, -0.1) is 24.2 Å². The van der Waals surface area contributed by atoms with Crippen molar-refractivity contribution < 1.29 is 4.74 Å². The number of hydrogen-bond acceptors (Lipinski definition) is 3. The molecule has 0 aromatic heterocycles. The normalized spacial score (nSPS) is 15.9. The van der Waals surface area contributed by atoms with E-state index in [9.17, 15) is 0 Å². The maximum absolute atomic E-state index is 6.12. The highest BCUT2D eigenvalue weighted by atomic mass is 35.5. The van der Waals surface area contributed by atoms with Crippen LogP contribution in [0, 0.1) is 0 Å². The summed E-state index contributed by atoms with van der Waals surface area (Å²) in [6, 6.07) is 19.1. The maximum atomic E-state index is 6.12. The molecule has 3 rings (SSSR count). The number of rotatable bonds is 5. The van der Waals surface area contributed by atoms with Crippen LogP contribution in [0.4, 0.5) is 0 Å². The van der Waals surface area contributed by atoms with Crippen LogP contribution in [-0.2, 0) is 6.54 Å². The summed E-state index contributed by atoms with van der Waals surface area (Å²) in [6.45, 7) is 3.28. The van der Waals surface area contributed by atoms with Crippen molar-refractivity contribution in [3.05, 3.63) is 60.2 Å². The van der Waals surface area contributed by atoms with Gasteiger partial charge in [0.25, 0.3) is 0 Å². The van der Waals surface area contributed by atoms with Gasteiger partial charge < -0.3 is 4.74 Å². The Bertz CT molecular complexity index is 568. The molecule has 2 aromatic rings. The van der Waals surface area contributed by atoms with Crippen LogP contribution >= 0.6 is 24.2 Å². The quantitative estimate of drug-likeness (QED) is 0.714. The standard InChI is InChI=1S/C19H23NOS.ClH/c1-22-19-9-7-17(8-10-19)21-18-11-13-20(14-12-18)15-16-5-3-2-4-6-16;/h2-10,18H,11-15H2,1H3;1H. The smallest absolute Gasteiger partial charge is 0.119 e. The van der Waals surface area contributed by atoms with E-state index in [1.165, 1.54) is 10.5 Å². The largest absolute Gasteiger partial charge is 0.490 e. The number of benzene rings is 2. The summed E-state index contributed by atoms with van der Waals surface area (Å²) in [5.41, 5.74) is 1.40. The molecule has 0 spiro atoms. The van der Waals surface area contributed by atoms with Crippen molar-refractivity contribution in [3.63, 3.8) is 0 Å². The molecule has 1 fully saturated rings. The minimum Gasteiger partial charge on any atom is -0.490 e. The molecule has 0 saturated carbocycles. The lowest BCUT2D eigenvalue weighted by atomic mass is 10.1. The lowest BCUT2D eigenvalue weighted by molar-refractivity contribution is 0.0968. The molecule has 1 saturated heterocycles. The molecule has 4 heteroatoms. The average Bonchev–Trinajstić information content (AvgIpc) is 2.58. The lowest BCUT2D eigenvalue weighted by Crippen LogP contribution is -2.37. The summed E-state index contributed by atoms with van der Waals surface area (Å²) in [6.07, 6.45) is 4.67. The molecule has 23 heavy (non-hydrogen) atoms. The topological polar surface area (TPSA) is 12.5 Å². The fourth-order valence-electron chi connectivity index (χ4n) is 2.87. The van der Waals surface area contributed by atoms with E-state index in [-0.39, 0.29) is 12.4 Å². The number of thioether (sulfide) groups is 1. The number of likely N-dealkylation sites (tertiary alicyclic amines) is 1. The zero-order valence-corrected chi connectivity index (χ0v) is 15.1. The van der Waals surface area contributed by atoms with Gasteiger partial charge in [-0.1, -0.05) is 30.3 Å². The van der Waals surface area contributed by atoms with Gasteiger partial charge in [-0.05, 0) is 48.9 Å². The Labute approximate surface area is 149 Å². The third-order valence-electron chi connectivity index (χ3n) is 4.15. The molecule has 0 unspecified atom stereocenters. The van der Waals surface area contributed by atoms with Crippen LogP contribution in [0.25, 0.3) is 0 Å². The molecule has 1 heterocycles. The molecular weight excluding hydrogens is 326 g/mol. The molecule has 0 bridgehead atoms. The molecule has 0 aliphatic carbocycles. The molecule has 2 aromatic carbocycles. The van der Waals surface area contributed by atoms with Crippen LogP contribution in [0.15, 0.2) is 59.5 Å². The highest BCUT2D eigenvalue weighted by Crippen LogP contribution is 2.23. The zero-order chi connectivity index (χ0) is 15.2. The van der Waals surface area contributed by atoms with Crippen LogP contribution in [0.1, 0.15) is 18.4 Å². The molecular formula is C19H24ClNOS. The molecule has 0 amide bonds. The first-order chi connectivity index (χ1) is 10.8. The molecule has 1 aliphatic rings. The van der Waals surface area contributed by atoms with Gasteiger partial charge in [0.15, 0.2) is 0 Å². The van der Waals surface area contributed by atoms with Gasteiger partial charge in [0.1, 0.15) is 11.9 Å². The first-order valence-corrected chi connectivity index (χ1v) is 9.13. The van der Waals surface area contributed by atoms with Crippen molar-refractivity contribution in [1.82, 2.24) is 4.90 Å². The second kappa shape index (κ2) is 9.21. The van der Waals surface area contributed by atoms with E-state index in [0.717, 1.165) is 38.2 Å². The van der Waals surface area contributed by atoms with E-state index in [4.69, 9.17) is 4.74 Å². The number of hydrogen-bond donors (Lipinski definition) is 0. The fraction of sp³-hybridized carbons (Fsp3) is 0.368. The number of piperidine rings is 1. The first-order valence-electron chi connectivity index (χ1n) is 7.90. The van der Waals surface area contributed by atoms with Gasteiger partial charge in [-0.25, -0.2) is 0 Å². The van der Waals surface area contributed by atoms with Crippen molar-refractivity contribution in [2.24, 2.45) is 0 Å². The summed E-state index contributed by atoms with van der Waals surface area (Å²) in [5.74, 6) is 0.999. The van der Waals surface area contributed by atoms with E-state index in [2.05, 4.69) is 65.8 Å². The van der Waals surface area contributed by atoms with E-state index < -0.39 is 0 Å². The SMILES string of the molecule is CSc1ccc(OC2CCN(Cc3ccccc3)CC2)cc1.Cl. The zero-order valence-electron chi connectivity index (χ0n) is 13.5. The number of ether oxygens (including phenoxy) is 1. The summed E-state index contributed by atoms with van der Waals surface area (Å²) in [5, 5.41) is 0. The van der Waals surface area contributed by atoms with Crippen molar-refractivity contribution in [2.75, 3.05) is 19.3 Å². The van der Waals surface area contributed by atoms with E-state index >= 15 is 0 Å². The Balaban J connectivity index is 0.00000192. The molecule has 0 atom stereocenters. The minimum absolute atomic E-state index is 0. The maximum Gasteiger partial charge on any atom is 0.119 e. The Hall–Kier alpha value is -1.16. The molecule has 0 N–H and O–H groups in total. The van der Waals surface area contributed by atoms with Gasteiger partial charge in [0.2, 0.25) is 0 Å². The Morgan fingerprint density at radius 3 is 2.26 bits per heavy atom. The number of halogens is 1. The Kier molecular flexibility index (Phi) is 7.28. The predicted molar refractivity (Wildman–Crippen MR) is 101 cm³/mol. The molecule has 124 valence electrons. The second-order valence-corrected chi connectivity index (χ2v) is 6.63. The monoisotopic (exact) mass is 349 g/mol. The highest BCUT2D eigenvalue weighted by molar-refractivity contribution is 7.98. The van der Waals surface area contributed by atoms with Crippen molar-refractivity contribution >= 4 is 24.2 Å². The molecule has 2 nitrogen and oxygen atoms in total. The van der Waals surface area contributed by atoms with E-state index in [1.54, 1.807) is 11.8 Å². The van der Waals surface area contributed by atoms with Crippen LogP contribution in [0.3, 0.4) is 0 Å². The van der Waals surface area contributed by atoms with Crippen LogP contribution in [0.2, 0.25) is 0 Å². The third kappa shape index (κ3) is 5.45. The van der Waals surface area contributed by atoms with Crippen molar-refractivity contribution in [1.29, 1.82) is 0 Å². The van der Waals surface area contributed by atoms with Gasteiger partial charge in [0.05, 0.1) is 0 Å². The third-order valence-corrected chi connectivity index (χ3v) is 4.89. The Morgan fingerprint density at radius 2 is 1.65 bits per heavy atom. The number of nitrogens with zero attached hydrogens (tertiary/aromatic N) is 1. The van der Waals surface area contributed by atoms with E-state index in [1.807, 2.05) is 0 Å². The van der Waals surface area contributed by atoms with Crippen molar-refractivity contribution in [2.45, 2.75) is 30.4 Å². The first kappa shape index (κ1) is 18.2. The predicted octanol–water partition coefficient (Wildman–Crippen LogP) is 4.87. The van der Waals surface area contributed by atoms with Crippen LogP contribution in [-0.4, -0.2) is 30.3 Å². The van der Waals surface area contributed by atoms with Gasteiger partial charge in [-0.2, -0.15) is 0 Å². The summed E-state index contributed by atoms with van der Waals surface area (Å²) < 4.78 is 6.12. The average molecular weight is 350 g/mol. The summed E-state index contributed by atoms with van der Waals surface area (Å²) >= 11 is 1.76. The van der Waals surface area contributed by atoms with Crippen LogP contribution in [0.5, 0.6) is 5.75 Å². The van der Waals surface area contributed by atoms with Gasteiger partial charge >= 0.3 is 0 Å². The Morgan fingerprint density at radius 1 is 1.00 bits per heavy atom. The lowest BCUT2D eigenvalue weighted by Gasteiger charge is -2.32. The van der Waals surface area contributed by atoms with Crippen molar-refractivity contribution in [3.8, 4) is 5.75 Å². The summed E-state index contributed by atoms with van der Waals surface area (Å²) in [4.78, 5) is 3.80.